The zero-order valence-corrected chi connectivity index (χ0v) is 8.39. The summed E-state index contributed by atoms with van der Waals surface area (Å²) in [5.41, 5.74) is -0.303. The molecule has 0 aromatic rings. The van der Waals surface area contributed by atoms with E-state index in [1.54, 1.807) is 0 Å². The lowest BCUT2D eigenvalue weighted by Gasteiger charge is -1.91. The molecule has 0 aliphatic rings. The Kier molecular flexibility index (Phi) is 9.09. The van der Waals surface area contributed by atoms with E-state index in [-0.39, 0.29) is 5.57 Å². The minimum Gasteiger partial charge on any atom is -0.481 e. The van der Waals surface area contributed by atoms with Crippen LogP contribution in [0.1, 0.15) is 26.2 Å². The average molecular weight is 218 g/mol. The molecule has 0 aromatic heterocycles. The van der Waals surface area contributed by atoms with Gasteiger partial charge in [0.1, 0.15) is 0 Å². The Hall–Kier alpha value is -1.85. The van der Waals surface area contributed by atoms with Gasteiger partial charge < -0.3 is 15.3 Å². The number of carbonyl (C=O) groups is 3. The molecule has 0 unspecified atom stereocenters. The zero-order valence-electron chi connectivity index (χ0n) is 8.39. The van der Waals surface area contributed by atoms with Crippen LogP contribution in [0.15, 0.2) is 12.2 Å². The van der Waals surface area contributed by atoms with Crippen LogP contribution in [0.5, 0.6) is 0 Å². The second-order valence-corrected chi connectivity index (χ2v) is 2.62. The van der Waals surface area contributed by atoms with Crippen molar-refractivity contribution in [2.24, 2.45) is 0 Å². The highest BCUT2D eigenvalue weighted by molar-refractivity contribution is 5.91. The number of carboxylic acid groups (broad SMARTS) is 3. The maximum absolute atomic E-state index is 9.87. The lowest BCUT2D eigenvalue weighted by atomic mass is 10.2. The van der Waals surface area contributed by atoms with Crippen molar-refractivity contribution in [2.75, 3.05) is 0 Å². The van der Waals surface area contributed by atoms with E-state index >= 15 is 0 Å². The molecule has 0 radical (unpaired) electrons. The molecule has 0 aromatic carbocycles. The normalized spacial score (nSPS) is 8.33. The number of hydrogen-bond donors (Lipinski definition) is 3. The number of hydrogen-bond acceptors (Lipinski definition) is 3. The van der Waals surface area contributed by atoms with Gasteiger partial charge >= 0.3 is 17.9 Å². The van der Waals surface area contributed by atoms with Crippen LogP contribution >= 0.6 is 0 Å². The Morgan fingerprint density at radius 3 is 1.60 bits per heavy atom. The lowest BCUT2D eigenvalue weighted by Crippen LogP contribution is -2.04. The van der Waals surface area contributed by atoms with Crippen molar-refractivity contribution in [3.05, 3.63) is 12.2 Å². The Labute approximate surface area is 86.8 Å². The second-order valence-electron chi connectivity index (χ2n) is 2.62. The summed E-state index contributed by atoms with van der Waals surface area (Å²) in [6, 6.07) is 0. The van der Waals surface area contributed by atoms with Crippen molar-refractivity contribution in [3.63, 3.8) is 0 Å². The molecule has 0 aliphatic carbocycles. The van der Waals surface area contributed by atoms with Crippen LogP contribution < -0.4 is 0 Å². The molecule has 86 valence electrons. The molecular weight excluding hydrogens is 204 g/mol. The van der Waals surface area contributed by atoms with Crippen molar-refractivity contribution >= 4 is 17.9 Å². The van der Waals surface area contributed by atoms with Gasteiger partial charge in [-0.2, -0.15) is 0 Å². The smallest absolute Gasteiger partial charge is 0.331 e. The summed E-state index contributed by atoms with van der Waals surface area (Å²) in [4.78, 5) is 29.3. The van der Waals surface area contributed by atoms with Gasteiger partial charge in [0.2, 0.25) is 0 Å². The van der Waals surface area contributed by atoms with Gasteiger partial charge in [-0.1, -0.05) is 13.5 Å². The van der Waals surface area contributed by atoms with E-state index in [0.29, 0.717) is 6.42 Å². The largest absolute Gasteiger partial charge is 0.481 e. The van der Waals surface area contributed by atoms with E-state index in [9.17, 15) is 14.4 Å². The predicted octanol–water partition coefficient (Wildman–Crippen LogP) is 0.973. The van der Waals surface area contributed by atoms with Gasteiger partial charge in [-0.05, 0) is 6.42 Å². The SMILES string of the molecule is C=C(CC(=O)O)C(=O)O.CCCC(=O)O. The predicted molar refractivity (Wildman–Crippen MR) is 51.6 cm³/mol. The third kappa shape index (κ3) is 15.0. The summed E-state index contributed by atoms with van der Waals surface area (Å²) in [6.45, 7) is 4.86. The van der Waals surface area contributed by atoms with Crippen molar-refractivity contribution in [3.8, 4) is 0 Å². The van der Waals surface area contributed by atoms with Gasteiger partial charge in [-0.25, -0.2) is 4.79 Å². The minimum atomic E-state index is -1.27. The molecule has 0 bridgehead atoms. The molecule has 0 aliphatic heterocycles. The van der Waals surface area contributed by atoms with Gasteiger partial charge in [0.25, 0.3) is 0 Å². The molecular formula is C9H14O6. The van der Waals surface area contributed by atoms with Crippen LogP contribution in [0.2, 0.25) is 0 Å². The molecule has 3 N–H and O–H groups in total. The van der Waals surface area contributed by atoms with E-state index < -0.39 is 24.3 Å². The van der Waals surface area contributed by atoms with Crippen LogP contribution in [-0.4, -0.2) is 33.2 Å². The fourth-order valence-electron chi connectivity index (χ4n) is 0.472. The van der Waals surface area contributed by atoms with Crippen molar-refractivity contribution < 1.29 is 29.7 Å². The lowest BCUT2D eigenvalue weighted by molar-refractivity contribution is -0.139. The molecule has 0 saturated heterocycles. The van der Waals surface area contributed by atoms with E-state index in [2.05, 4.69) is 6.58 Å². The van der Waals surface area contributed by atoms with Crippen molar-refractivity contribution in [1.82, 2.24) is 0 Å². The maximum atomic E-state index is 9.87. The Bertz CT molecular complexity index is 255. The number of carboxylic acids is 3. The third-order valence-corrected chi connectivity index (χ3v) is 1.13. The standard InChI is InChI=1S/C5H6O4.C4H8O2/c1-3(5(8)9)2-4(6)7;1-2-3-4(5)6/h1-2H2,(H,6,7)(H,8,9);2-3H2,1H3,(H,5,6). The quantitative estimate of drug-likeness (QED) is 0.593. The molecule has 15 heavy (non-hydrogen) atoms. The monoisotopic (exact) mass is 218 g/mol. The summed E-state index contributed by atoms with van der Waals surface area (Å²) in [5.74, 6) is -3.16. The molecule has 0 rings (SSSR count). The molecule has 0 amide bonds. The van der Waals surface area contributed by atoms with E-state index in [0.717, 1.165) is 6.42 Å². The molecule has 0 spiro atoms. The highest BCUT2D eigenvalue weighted by atomic mass is 16.4. The van der Waals surface area contributed by atoms with Crippen LogP contribution in [0.4, 0.5) is 0 Å². The zero-order chi connectivity index (χ0) is 12.4. The summed E-state index contributed by atoms with van der Waals surface area (Å²) >= 11 is 0. The molecule has 0 atom stereocenters. The Balaban J connectivity index is 0. The van der Waals surface area contributed by atoms with Gasteiger partial charge in [0, 0.05) is 12.0 Å². The minimum absolute atomic E-state index is 0.292. The summed E-state index contributed by atoms with van der Waals surface area (Å²) in [5, 5.41) is 24.0. The Morgan fingerprint density at radius 1 is 1.07 bits per heavy atom. The fraction of sp³-hybridized carbons (Fsp3) is 0.444. The molecule has 0 fully saturated rings. The van der Waals surface area contributed by atoms with Gasteiger partial charge in [-0.3, -0.25) is 9.59 Å². The van der Waals surface area contributed by atoms with Gasteiger partial charge in [0.15, 0.2) is 0 Å². The van der Waals surface area contributed by atoms with Gasteiger partial charge in [0.05, 0.1) is 6.42 Å². The first kappa shape index (κ1) is 15.6. The summed E-state index contributed by atoms with van der Waals surface area (Å²) in [7, 11) is 0. The van der Waals surface area contributed by atoms with Gasteiger partial charge in [-0.15, -0.1) is 0 Å². The molecule has 6 heteroatoms. The van der Waals surface area contributed by atoms with Crippen molar-refractivity contribution in [2.45, 2.75) is 26.2 Å². The van der Waals surface area contributed by atoms with Crippen molar-refractivity contribution in [1.29, 1.82) is 0 Å². The highest BCUT2D eigenvalue weighted by Crippen LogP contribution is 1.95. The molecule has 0 saturated carbocycles. The topological polar surface area (TPSA) is 112 Å². The summed E-state index contributed by atoms with van der Waals surface area (Å²) in [6.07, 6.45) is 0.519. The first-order chi connectivity index (χ1) is 6.81. The second kappa shape index (κ2) is 8.74. The maximum Gasteiger partial charge on any atom is 0.331 e. The average Bonchev–Trinajstić information content (AvgIpc) is 2.03. The summed E-state index contributed by atoms with van der Waals surface area (Å²) < 4.78 is 0. The molecule has 6 nitrogen and oxygen atoms in total. The third-order valence-electron chi connectivity index (χ3n) is 1.13. The number of aliphatic carboxylic acids is 3. The molecule has 0 heterocycles. The number of rotatable bonds is 5. The highest BCUT2D eigenvalue weighted by Gasteiger charge is 2.07. The van der Waals surface area contributed by atoms with E-state index in [1.165, 1.54) is 0 Å². The first-order valence-corrected chi connectivity index (χ1v) is 4.15. The van der Waals surface area contributed by atoms with E-state index in [4.69, 9.17) is 15.3 Å². The van der Waals surface area contributed by atoms with Crippen LogP contribution in [0, 0.1) is 0 Å². The fourth-order valence-corrected chi connectivity index (χ4v) is 0.472. The Morgan fingerprint density at radius 2 is 1.53 bits per heavy atom. The van der Waals surface area contributed by atoms with Crippen LogP contribution in [0.3, 0.4) is 0 Å². The van der Waals surface area contributed by atoms with E-state index in [1.807, 2.05) is 6.92 Å². The van der Waals surface area contributed by atoms with Crippen LogP contribution in [0.25, 0.3) is 0 Å². The van der Waals surface area contributed by atoms with Crippen LogP contribution in [-0.2, 0) is 14.4 Å². The first-order valence-electron chi connectivity index (χ1n) is 4.15.